The number of hydrogen-bond donors (Lipinski definition) is 1. The maximum atomic E-state index is 13.6. The van der Waals surface area contributed by atoms with Crippen molar-refractivity contribution in [1.82, 2.24) is 10.2 Å². The monoisotopic (exact) mass is 504 g/mol. The van der Waals surface area contributed by atoms with Crippen molar-refractivity contribution >= 4 is 40.3 Å². The molecule has 9 heteroatoms. The Labute approximate surface area is 211 Å². The minimum absolute atomic E-state index is 0.118. The Hall–Kier alpha value is -3.85. The van der Waals surface area contributed by atoms with Crippen molar-refractivity contribution < 1.29 is 18.4 Å². The Morgan fingerprint density at radius 2 is 1.78 bits per heavy atom. The van der Waals surface area contributed by atoms with E-state index in [0.717, 1.165) is 16.7 Å². The highest BCUT2D eigenvalue weighted by atomic mass is 32.2. The fourth-order valence-corrected chi connectivity index (χ4v) is 4.96. The number of hydrogen-bond acceptors (Lipinski definition) is 5. The number of amides is 2. The van der Waals surface area contributed by atoms with E-state index in [1.165, 1.54) is 40.9 Å². The summed E-state index contributed by atoms with van der Waals surface area (Å²) in [5, 5.41) is 3.27. The summed E-state index contributed by atoms with van der Waals surface area (Å²) < 4.78 is 26.7. The quantitative estimate of drug-likeness (QED) is 0.495. The number of carbonyl (C=O) groups is 2. The number of amidine groups is 2. The van der Waals surface area contributed by atoms with Crippen LogP contribution in [-0.4, -0.2) is 33.8 Å². The van der Waals surface area contributed by atoms with Gasteiger partial charge in [0.05, 0.1) is 5.69 Å². The highest BCUT2D eigenvalue weighted by molar-refractivity contribution is 8.13. The number of nitrogens with zero attached hydrogens (tertiary/aromatic N) is 3. The average Bonchev–Trinajstić information content (AvgIpc) is 3.22. The van der Waals surface area contributed by atoms with Gasteiger partial charge in [0.15, 0.2) is 5.17 Å². The van der Waals surface area contributed by atoms with Crippen molar-refractivity contribution in [2.24, 2.45) is 9.98 Å². The molecule has 1 N–H and O–H groups in total. The SMILES string of the molecule is O=C(CC[C@@H]1N=C2c3ccccc3N=C(SCc3cccc(F)c3)N2C1=O)NCc1ccc(F)cc1. The molecule has 0 aliphatic carbocycles. The molecule has 0 fully saturated rings. The van der Waals surface area contributed by atoms with Crippen LogP contribution >= 0.6 is 11.8 Å². The van der Waals surface area contributed by atoms with Gasteiger partial charge < -0.3 is 5.32 Å². The maximum absolute atomic E-state index is 13.6. The van der Waals surface area contributed by atoms with E-state index in [0.29, 0.717) is 22.4 Å². The number of halogens is 2. The summed E-state index contributed by atoms with van der Waals surface area (Å²) in [6.45, 7) is 0.277. The van der Waals surface area contributed by atoms with Gasteiger partial charge in [-0.3, -0.25) is 14.6 Å². The number of benzene rings is 3. The molecule has 0 radical (unpaired) electrons. The van der Waals surface area contributed by atoms with Crippen molar-refractivity contribution in [3.8, 4) is 0 Å². The Morgan fingerprint density at radius 1 is 0.972 bits per heavy atom. The Bertz CT molecular complexity index is 1370. The molecule has 0 bridgehead atoms. The van der Waals surface area contributed by atoms with Crippen LogP contribution < -0.4 is 5.32 Å². The van der Waals surface area contributed by atoms with Crippen LogP contribution in [0.1, 0.15) is 29.5 Å². The molecule has 0 aromatic heterocycles. The van der Waals surface area contributed by atoms with E-state index in [9.17, 15) is 18.4 Å². The molecule has 3 aromatic carbocycles. The smallest absolute Gasteiger partial charge is 0.259 e. The molecule has 6 nitrogen and oxygen atoms in total. The van der Waals surface area contributed by atoms with Gasteiger partial charge in [0.1, 0.15) is 23.5 Å². The zero-order chi connectivity index (χ0) is 25.1. The molecule has 2 heterocycles. The molecule has 0 saturated heterocycles. The van der Waals surface area contributed by atoms with Gasteiger partial charge in [-0.1, -0.05) is 48.2 Å². The topological polar surface area (TPSA) is 74.1 Å². The number of thioether (sulfide) groups is 1. The lowest BCUT2D eigenvalue weighted by atomic mass is 10.1. The molecule has 0 unspecified atom stereocenters. The zero-order valence-corrected chi connectivity index (χ0v) is 20.0. The van der Waals surface area contributed by atoms with Crippen LogP contribution in [0.25, 0.3) is 0 Å². The third-order valence-electron chi connectivity index (χ3n) is 5.85. The molecule has 2 aliphatic heterocycles. The van der Waals surface area contributed by atoms with Gasteiger partial charge in [-0.2, -0.15) is 0 Å². The van der Waals surface area contributed by atoms with Crippen LogP contribution in [0.2, 0.25) is 0 Å². The number of fused-ring (bicyclic) bond motifs is 3. The standard InChI is InChI=1S/C27H22F2N4O2S/c28-19-10-8-17(9-11-19)15-30-24(34)13-12-23-26(35)33-25(31-23)21-6-1-2-7-22(21)32-27(33)36-16-18-4-3-5-20(29)14-18/h1-11,14,23H,12-13,15-16H2,(H,30,34)/t23-/m0/s1. The van der Waals surface area contributed by atoms with Gasteiger partial charge in [-0.25, -0.2) is 18.7 Å². The van der Waals surface area contributed by atoms with Crippen LogP contribution in [0.4, 0.5) is 14.5 Å². The summed E-state index contributed by atoms with van der Waals surface area (Å²) in [5.41, 5.74) is 3.02. The van der Waals surface area contributed by atoms with Crippen molar-refractivity contribution in [3.05, 3.63) is 101 Å². The first kappa shape index (κ1) is 23.9. The van der Waals surface area contributed by atoms with E-state index in [2.05, 4.69) is 15.3 Å². The molecular formula is C27H22F2N4O2S. The summed E-state index contributed by atoms with van der Waals surface area (Å²) in [6, 6.07) is 19.0. The third kappa shape index (κ3) is 5.21. The minimum atomic E-state index is -0.706. The minimum Gasteiger partial charge on any atom is -0.352 e. The van der Waals surface area contributed by atoms with Gasteiger partial charge >= 0.3 is 0 Å². The van der Waals surface area contributed by atoms with E-state index >= 15 is 0 Å². The number of para-hydroxylation sites is 1. The van der Waals surface area contributed by atoms with E-state index in [4.69, 9.17) is 0 Å². The molecule has 2 aliphatic rings. The van der Waals surface area contributed by atoms with E-state index in [1.54, 1.807) is 18.2 Å². The average molecular weight is 505 g/mol. The molecule has 3 aromatic rings. The van der Waals surface area contributed by atoms with Gasteiger partial charge in [0.2, 0.25) is 5.91 Å². The molecule has 2 amide bonds. The Kier molecular flexibility index (Phi) is 6.90. The first-order valence-electron chi connectivity index (χ1n) is 11.5. The molecule has 5 rings (SSSR count). The van der Waals surface area contributed by atoms with Crippen LogP contribution in [0.15, 0.2) is 82.8 Å². The number of rotatable bonds is 7. The number of nitrogens with one attached hydrogen (secondary N) is 1. The normalized spacial score (nSPS) is 16.2. The predicted molar refractivity (Wildman–Crippen MR) is 136 cm³/mol. The number of carbonyl (C=O) groups excluding carboxylic acids is 2. The van der Waals surface area contributed by atoms with Gasteiger partial charge in [0.25, 0.3) is 5.91 Å². The second-order valence-corrected chi connectivity index (χ2v) is 9.36. The Morgan fingerprint density at radius 3 is 2.58 bits per heavy atom. The highest BCUT2D eigenvalue weighted by Crippen LogP contribution is 2.35. The van der Waals surface area contributed by atoms with E-state index < -0.39 is 6.04 Å². The lowest BCUT2D eigenvalue weighted by molar-refractivity contribution is -0.125. The van der Waals surface area contributed by atoms with Gasteiger partial charge in [0, 0.05) is 24.3 Å². The van der Waals surface area contributed by atoms with E-state index in [1.807, 2.05) is 30.3 Å². The van der Waals surface area contributed by atoms with Crippen LogP contribution in [0, 0.1) is 11.6 Å². The molecule has 182 valence electrons. The lowest BCUT2D eigenvalue weighted by Gasteiger charge is -2.25. The first-order chi connectivity index (χ1) is 17.5. The van der Waals surface area contributed by atoms with Gasteiger partial charge in [-0.15, -0.1) is 0 Å². The summed E-state index contributed by atoms with van der Waals surface area (Å²) in [4.78, 5) is 36.6. The Balaban J connectivity index is 1.27. The summed E-state index contributed by atoms with van der Waals surface area (Å²) in [6.07, 6.45) is 0.366. The fourth-order valence-electron chi connectivity index (χ4n) is 4.02. The van der Waals surface area contributed by atoms with Crippen molar-refractivity contribution in [2.75, 3.05) is 0 Å². The van der Waals surface area contributed by atoms with Crippen LogP contribution in [-0.2, 0) is 21.9 Å². The third-order valence-corrected chi connectivity index (χ3v) is 6.86. The molecular weight excluding hydrogens is 482 g/mol. The largest absolute Gasteiger partial charge is 0.352 e. The van der Waals surface area contributed by atoms with Crippen molar-refractivity contribution in [3.63, 3.8) is 0 Å². The fraction of sp³-hybridized carbons (Fsp3) is 0.185. The summed E-state index contributed by atoms with van der Waals surface area (Å²) in [7, 11) is 0. The summed E-state index contributed by atoms with van der Waals surface area (Å²) >= 11 is 1.34. The molecule has 0 saturated carbocycles. The molecule has 36 heavy (non-hydrogen) atoms. The first-order valence-corrected chi connectivity index (χ1v) is 12.4. The second-order valence-electron chi connectivity index (χ2n) is 8.41. The van der Waals surface area contributed by atoms with E-state index in [-0.39, 0.29) is 42.8 Å². The highest BCUT2D eigenvalue weighted by Gasteiger charge is 2.41. The van der Waals surface area contributed by atoms with Crippen molar-refractivity contribution in [1.29, 1.82) is 0 Å². The summed E-state index contributed by atoms with van der Waals surface area (Å²) in [5.74, 6) is -0.153. The van der Waals surface area contributed by atoms with Crippen molar-refractivity contribution in [2.45, 2.75) is 31.2 Å². The predicted octanol–water partition coefficient (Wildman–Crippen LogP) is 4.95. The zero-order valence-electron chi connectivity index (χ0n) is 19.2. The van der Waals surface area contributed by atoms with Crippen LogP contribution in [0.5, 0.6) is 0 Å². The molecule has 1 atom stereocenters. The number of aliphatic imine (C=N–C) groups is 2. The lowest BCUT2D eigenvalue weighted by Crippen LogP contribution is -2.41. The van der Waals surface area contributed by atoms with Gasteiger partial charge in [-0.05, 0) is 53.9 Å². The van der Waals surface area contributed by atoms with Crippen LogP contribution in [0.3, 0.4) is 0 Å². The second kappa shape index (κ2) is 10.4. The molecule has 0 spiro atoms. The maximum Gasteiger partial charge on any atom is 0.259 e.